The number of nitrogens with zero attached hydrogens (tertiary/aromatic N) is 1. The molecule has 0 aromatic heterocycles. The summed E-state index contributed by atoms with van der Waals surface area (Å²) in [4.78, 5) is 24.0. The second kappa shape index (κ2) is 4.97. The van der Waals surface area contributed by atoms with E-state index in [4.69, 9.17) is 5.11 Å². The molecule has 0 radical (unpaired) electrons. The number of carboxylic acid groups (broad SMARTS) is 1. The zero-order valence-electron chi connectivity index (χ0n) is 9.47. The van der Waals surface area contributed by atoms with Gasteiger partial charge in [-0.1, -0.05) is 15.9 Å². The van der Waals surface area contributed by atoms with Gasteiger partial charge in [0.25, 0.3) is 5.91 Å². The third-order valence-corrected chi connectivity index (χ3v) is 3.39. The highest BCUT2D eigenvalue weighted by Crippen LogP contribution is 2.27. The van der Waals surface area contributed by atoms with Crippen LogP contribution in [0.3, 0.4) is 0 Å². The summed E-state index contributed by atoms with van der Waals surface area (Å²) in [7, 11) is 0. The van der Waals surface area contributed by atoms with Gasteiger partial charge in [-0.3, -0.25) is 9.59 Å². The van der Waals surface area contributed by atoms with Crippen LogP contribution in [-0.2, 0) is 4.79 Å². The zero-order valence-corrected chi connectivity index (χ0v) is 11.1. The molecule has 1 heterocycles. The van der Waals surface area contributed by atoms with E-state index in [-0.39, 0.29) is 29.6 Å². The number of carbonyl (C=O) groups is 2. The Hall–Kier alpha value is -1.56. The van der Waals surface area contributed by atoms with Gasteiger partial charge in [-0.15, -0.1) is 0 Å². The van der Waals surface area contributed by atoms with Crippen molar-refractivity contribution in [2.45, 2.75) is 6.42 Å². The largest absolute Gasteiger partial charge is 0.507 e. The smallest absolute Gasteiger partial charge is 0.303 e. The highest BCUT2D eigenvalue weighted by Gasteiger charge is 2.33. The number of phenolic OH excluding ortho intramolecular Hbond substituents is 1. The first kappa shape index (κ1) is 12.9. The number of rotatable bonds is 3. The van der Waals surface area contributed by atoms with Crippen LogP contribution in [0.5, 0.6) is 5.75 Å². The normalized spacial score (nSPS) is 15.3. The Morgan fingerprint density at radius 2 is 2.06 bits per heavy atom. The Morgan fingerprint density at radius 1 is 1.39 bits per heavy atom. The molecule has 0 bridgehead atoms. The number of carboxylic acids is 1. The van der Waals surface area contributed by atoms with Crippen LogP contribution in [0.1, 0.15) is 16.8 Å². The first-order valence-corrected chi connectivity index (χ1v) is 6.26. The van der Waals surface area contributed by atoms with Gasteiger partial charge in [0.2, 0.25) is 0 Å². The lowest BCUT2D eigenvalue weighted by Gasteiger charge is -2.38. The van der Waals surface area contributed by atoms with Crippen LogP contribution in [-0.4, -0.2) is 40.1 Å². The second-order valence-corrected chi connectivity index (χ2v) is 5.25. The summed E-state index contributed by atoms with van der Waals surface area (Å²) in [5.41, 5.74) is 0.243. The number of benzene rings is 1. The molecule has 1 amide bonds. The molecule has 0 saturated carbocycles. The van der Waals surface area contributed by atoms with Gasteiger partial charge in [0.1, 0.15) is 5.75 Å². The van der Waals surface area contributed by atoms with Crippen molar-refractivity contribution in [1.82, 2.24) is 4.90 Å². The van der Waals surface area contributed by atoms with Crippen molar-refractivity contribution in [1.29, 1.82) is 0 Å². The van der Waals surface area contributed by atoms with Gasteiger partial charge in [-0.2, -0.15) is 0 Å². The maximum Gasteiger partial charge on any atom is 0.303 e. The number of amides is 1. The summed E-state index contributed by atoms with van der Waals surface area (Å²) in [6.45, 7) is 0.862. The number of carbonyl (C=O) groups excluding carboxylic acids is 1. The van der Waals surface area contributed by atoms with E-state index >= 15 is 0 Å². The minimum Gasteiger partial charge on any atom is -0.507 e. The molecule has 0 unspecified atom stereocenters. The minimum absolute atomic E-state index is 0.0176. The Labute approximate surface area is 112 Å². The molecule has 1 aromatic carbocycles. The van der Waals surface area contributed by atoms with Gasteiger partial charge in [0.15, 0.2) is 0 Å². The van der Waals surface area contributed by atoms with Crippen molar-refractivity contribution in [2.24, 2.45) is 5.92 Å². The quantitative estimate of drug-likeness (QED) is 0.890. The summed E-state index contributed by atoms with van der Waals surface area (Å²) < 4.78 is 0.698. The van der Waals surface area contributed by atoms with Gasteiger partial charge in [-0.25, -0.2) is 0 Å². The molecule has 1 saturated heterocycles. The molecule has 5 nitrogen and oxygen atoms in total. The fourth-order valence-electron chi connectivity index (χ4n) is 1.97. The fraction of sp³-hybridized carbons (Fsp3) is 0.333. The highest BCUT2D eigenvalue weighted by atomic mass is 79.9. The highest BCUT2D eigenvalue weighted by molar-refractivity contribution is 9.10. The molecule has 1 fully saturated rings. The van der Waals surface area contributed by atoms with Crippen molar-refractivity contribution in [3.05, 3.63) is 28.2 Å². The number of hydrogen-bond acceptors (Lipinski definition) is 3. The molecule has 1 aliphatic rings. The SMILES string of the molecule is O=C(O)CC1CN(C(=O)c2ccc(Br)cc2O)C1. The van der Waals surface area contributed by atoms with E-state index in [0.29, 0.717) is 17.6 Å². The summed E-state index contributed by atoms with van der Waals surface area (Å²) in [5, 5.41) is 18.3. The Morgan fingerprint density at radius 3 is 2.61 bits per heavy atom. The molecule has 6 heteroatoms. The number of likely N-dealkylation sites (tertiary alicyclic amines) is 1. The van der Waals surface area contributed by atoms with Crippen molar-refractivity contribution in [3.8, 4) is 5.75 Å². The standard InChI is InChI=1S/C12H12BrNO4/c13-8-1-2-9(10(15)4-8)12(18)14-5-7(6-14)3-11(16)17/h1-2,4,7,15H,3,5-6H2,(H,16,17). The maximum atomic E-state index is 12.0. The van der Waals surface area contributed by atoms with Crippen LogP contribution in [0.4, 0.5) is 0 Å². The van der Waals surface area contributed by atoms with Crippen LogP contribution in [0.25, 0.3) is 0 Å². The molecule has 1 aromatic rings. The topological polar surface area (TPSA) is 77.8 Å². The summed E-state index contributed by atoms with van der Waals surface area (Å²) in [5.74, 6) is -1.17. The molecule has 0 spiro atoms. The first-order chi connectivity index (χ1) is 8.47. The van der Waals surface area contributed by atoms with Crippen molar-refractivity contribution in [2.75, 3.05) is 13.1 Å². The predicted molar refractivity (Wildman–Crippen MR) is 67.5 cm³/mol. The number of aromatic hydroxyl groups is 1. The van der Waals surface area contributed by atoms with Crippen molar-refractivity contribution in [3.63, 3.8) is 0 Å². The van der Waals surface area contributed by atoms with Crippen LogP contribution in [0.15, 0.2) is 22.7 Å². The number of hydrogen-bond donors (Lipinski definition) is 2. The molecule has 1 aliphatic heterocycles. The molecule has 96 valence electrons. The average molecular weight is 314 g/mol. The van der Waals surface area contributed by atoms with E-state index in [2.05, 4.69) is 15.9 Å². The van der Waals surface area contributed by atoms with E-state index in [1.807, 2.05) is 0 Å². The Kier molecular flexibility index (Phi) is 3.56. The van der Waals surface area contributed by atoms with Gasteiger partial charge >= 0.3 is 5.97 Å². The zero-order chi connectivity index (χ0) is 13.3. The lowest BCUT2D eigenvalue weighted by molar-refractivity contribution is -0.139. The van der Waals surface area contributed by atoms with Crippen molar-refractivity contribution >= 4 is 27.8 Å². The lowest BCUT2D eigenvalue weighted by Crippen LogP contribution is -2.50. The first-order valence-electron chi connectivity index (χ1n) is 5.47. The van der Waals surface area contributed by atoms with Gasteiger partial charge in [0.05, 0.1) is 12.0 Å². The maximum absolute atomic E-state index is 12.0. The number of halogens is 1. The molecule has 18 heavy (non-hydrogen) atoms. The van der Waals surface area contributed by atoms with E-state index in [1.165, 1.54) is 11.0 Å². The third-order valence-electron chi connectivity index (χ3n) is 2.90. The second-order valence-electron chi connectivity index (χ2n) is 4.34. The fourth-order valence-corrected chi connectivity index (χ4v) is 2.32. The van der Waals surface area contributed by atoms with Crippen LogP contribution in [0.2, 0.25) is 0 Å². The van der Waals surface area contributed by atoms with E-state index in [1.54, 1.807) is 12.1 Å². The predicted octanol–water partition coefficient (Wildman–Crippen LogP) is 1.70. The molecule has 2 rings (SSSR count). The average Bonchev–Trinajstić information content (AvgIpc) is 2.21. The van der Waals surface area contributed by atoms with E-state index < -0.39 is 5.97 Å². The minimum atomic E-state index is -0.849. The Bertz CT molecular complexity index is 497. The monoisotopic (exact) mass is 313 g/mol. The van der Waals surface area contributed by atoms with E-state index in [0.717, 1.165) is 0 Å². The third kappa shape index (κ3) is 2.64. The van der Waals surface area contributed by atoms with Crippen LogP contribution in [0, 0.1) is 5.92 Å². The van der Waals surface area contributed by atoms with Crippen LogP contribution >= 0.6 is 15.9 Å². The molecular weight excluding hydrogens is 302 g/mol. The van der Waals surface area contributed by atoms with E-state index in [9.17, 15) is 14.7 Å². The molecule has 0 atom stereocenters. The number of phenols is 1. The lowest BCUT2D eigenvalue weighted by atomic mass is 9.95. The van der Waals surface area contributed by atoms with Gasteiger partial charge in [-0.05, 0) is 18.2 Å². The van der Waals surface area contributed by atoms with Gasteiger partial charge in [0, 0.05) is 23.5 Å². The molecule has 2 N–H and O–H groups in total. The molecule has 0 aliphatic carbocycles. The van der Waals surface area contributed by atoms with Gasteiger partial charge < -0.3 is 15.1 Å². The summed E-state index contributed by atoms with van der Waals surface area (Å²) >= 11 is 3.20. The van der Waals surface area contributed by atoms with Crippen molar-refractivity contribution < 1.29 is 19.8 Å². The van der Waals surface area contributed by atoms with Crippen LogP contribution < -0.4 is 0 Å². The summed E-state index contributed by atoms with van der Waals surface area (Å²) in [6.07, 6.45) is 0.0795. The Balaban J connectivity index is 1.99. The number of aliphatic carboxylic acids is 1. The molecular formula is C12H12BrNO4. The summed E-state index contributed by atoms with van der Waals surface area (Å²) in [6, 6.07) is 4.69.